The van der Waals surface area contributed by atoms with Gasteiger partial charge in [-0.3, -0.25) is 0 Å². The van der Waals surface area contributed by atoms with Crippen molar-refractivity contribution >= 4 is 54.4 Å². The predicted molar refractivity (Wildman–Crippen MR) is 203 cm³/mol. The van der Waals surface area contributed by atoms with Gasteiger partial charge in [-0.1, -0.05) is 133 Å². The molecule has 0 fully saturated rings. The Morgan fingerprint density at radius 3 is 1.69 bits per heavy atom. The lowest BCUT2D eigenvalue weighted by atomic mass is 9.99. The highest BCUT2D eigenvalue weighted by Gasteiger charge is 2.20. The van der Waals surface area contributed by atoms with Crippen LogP contribution in [0.15, 0.2) is 182 Å². The Balaban J connectivity index is 1.20. The highest BCUT2D eigenvalue weighted by atomic mass is 15.0. The molecule has 0 saturated carbocycles. The average molecular weight is 611 g/mol. The molecule has 0 radical (unpaired) electrons. The Hall–Kier alpha value is -6.38. The third-order valence-corrected chi connectivity index (χ3v) is 9.89. The lowest BCUT2D eigenvalue weighted by Crippen LogP contribution is -1.95. The lowest BCUT2D eigenvalue weighted by molar-refractivity contribution is 1.18. The normalized spacial score (nSPS) is 11.8. The third-order valence-electron chi connectivity index (χ3n) is 9.89. The summed E-state index contributed by atoms with van der Waals surface area (Å²) in [5.41, 5.74) is 12.1. The molecule has 0 N–H and O–H groups in total. The molecular weight excluding hydrogens is 581 g/mol. The predicted octanol–water partition coefficient (Wildman–Crippen LogP) is 12.4. The molecule has 0 spiro atoms. The maximum absolute atomic E-state index is 2.47. The molecule has 10 aromatic rings. The van der Waals surface area contributed by atoms with Crippen LogP contribution in [0.4, 0.5) is 0 Å². The van der Waals surface area contributed by atoms with Gasteiger partial charge < -0.3 is 9.13 Å². The fourth-order valence-corrected chi connectivity index (χ4v) is 7.68. The molecule has 0 saturated heterocycles. The van der Waals surface area contributed by atoms with Gasteiger partial charge in [0.05, 0.1) is 22.1 Å². The molecule has 10 rings (SSSR count). The summed E-state index contributed by atoms with van der Waals surface area (Å²) < 4.78 is 4.90. The summed E-state index contributed by atoms with van der Waals surface area (Å²) in [5.74, 6) is 0. The van der Waals surface area contributed by atoms with E-state index in [-0.39, 0.29) is 0 Å². The summed E-state index contributed by atoms with van der Waals surface area (Å²) in [6, 6.07) is 66.2. The van der Waals surface area contributed by atoms with Gasteiger partial charge in [0.1, 0.15) is 0 Å². The Morgan fingerprint density at radius 1 is 0.292 bits per heavy atom. The van der Waals surface area contributed by atoms with Gasteiger partial charge in [0.15, 0.2) is 0 Å². The van der Waals surface area contributed by atoms with Crippen molar-refractivity contribution in [3.05, 3.63) is 182 Å². The highest BCUT2D eigenvalue weighted by Crippen LogP contribution is 2.42. The highest BCUT2D eigenvalue weighted by molar-refractivity contribution is 6.26. The molecule has 48 heavy (non-hydrogen) atoms. The van der Waals surface area contributed by atoms with E-state index in [0.29, 0.717) is 0 Å². The Morgan fingerprint density at radius 2 is 0.896 bits per heavy atom. The molecule has 0 amide bonds. The Kier molecular flexibility index (Phi) is 5.91. The molecule has 0 atom stereocenters. The number of hydrogen-bond acceptors (Lipinski definition) is 0. The van der Waals surface area contributed by atoms with Crippen molar-refractivity contribution in [3.8, 4) is 33.6 Å². The van der Waals surface area contributed by atoms with Gasteiger partial charge in [-0.25, -0.2) is 0 Å². The number of fused-ring (bicyclic) bond motifs is 8. The average Bonchev–Trinajstić information content (AvgIpc) is 3.68. The van der Waals surface area contributed by atoms with Gasteiger partial charge in [0.25, 0.3) is 0 Å². The topological polar surface area (TPSA) is 9.86 Å². The van der Waals surface area contributed by atoms with Crippen molar-refractivity contribution in [3.63, 3.8) is 0 Å². The maximum atomic E-state index is 2.47. The summed E-state index contributed by atoms with van der Waals surface area (Å²) in [6.07, 6.45) is 0. The second-order valence-corrected chi connectivity index (χ2v) is 12.6. The van der Waals surface area contributed by atoms with Crippen LogP contribution in [0.1, 0.15) is 0 Å². The number of hydrogen-bond donors (Lipinski definition) is 0. The molecule has 224 valence electrons. The standard InChI is InChI=1S/C46H30N2/c1-2-11-31(12-3-1)34-15-10-16-35(29-34)33-21-24-37(25-22-33)47-43-20-9-7-18-41(43)45-44(47)28-27-40-39-17-6-8-19-42(39)48(46(40)45)38-26-23-32-13-4-5-14-36(32)30-38/h1-30H. The van der Waals surface area contributed by atoms with Gasteiger partial charge in [-0.2, -0.15) is 0 Å². The van der Waals surface area contributed by atoms with Crippen LogP contribution in [0, 0.1) is 0 Å². The molecule has 0 aliphatic carbocycles. The zero-order valence-corrected chi connectivity index (χ0v) is 26.2. The van der Waals surface area contributed by atoms with E-state index >= 15 is 0 Å². The van der Waals surface area contributed by atoms with Gasteiger partial charge >= 0.3 is 0 Å². The number of aromatic nitrogens is 2. The lowest BCUT2D eigenvalue weighted by Gasteiger charge is -2.12. The second kappa shape index (κ2) is 10.6. The molecular formula is C46H30N2. The maximum Gasteiger partial charge on any atom is 0.0641 e. The zero-order chi connectivity index (χ0) is 31.6. The number of nitrogens with zero attached hydrogens (tertiary/aromatic N) is 2. The summed E-state index contributed by atoms with van der Waals surface area (Å²) >= 11 is 0. The van der Waals surface area contributed by atoms with E-state index in [1.165, 1.54) is 82.3 Å². The van der Waals surface area contributed by atoms with E-state index in [1.807, 2.05) is 0 Å². The summed E-state index contributed by atoms with van der Waals surface area (Å²) in [6.45, 7) is 0. The van der Waals surface area contributed by atoms with Crippen LogP contribution in [0.2, 0.25) is 0 Å². The minimum atomic E-state index is 1.15. The SMILES string of the molecule is c1ccc(-c2cccc(-c3ccc(-n4c5ccccc5c5c4ccc4c6ccccc6n(-c6ccc7ccccc7c6)c45)cc3)c2)cc1. The number of benzene rings is 8. The number of para-hydroxylation sites is 2. The van der Waals surface area contributed by atoms with Crippen LogP contribution >= 0.6 is 0 Å². The summed E-state index contributed by atoms with van der Waals surface area (Å²) in [7, 11) is 0. The van der Waals surface area contributed by atoms with Crippen molar-refractivity contribution in [1.29, 1.82) is 0 Å². The molecule has 2 heterocycles. The van der Waals surface area contributed by atoms with E-state index in [0.717, 1.165) is 5.69 Å². The molecule has 8 aromatic carbocycles. The molecule has 0 unspecified atom stereocenters. The Labute approximate surface area is 278 Å². The molecule has 2 heteroatoms. The molecule has 0 aliphatic heterocycles. The van der Waals surface area contributed by atoms with Crippen molar-refractivity contribution in [2.24, 2.45) is 0 Å². The van der Waals surface area contributed by atoms with E-state index in [1.54, 1.807) is 0 Å². The molecule has 0 bridgehead atoms. The number of rotatable bonds is 4. The van der Waals surface area contributed by atoms with Gasteiger partial charge in [0.2, 0.25) is 0 Å². The van der Waals surface area contributed by atoms with E-state index in [2.05, 4.69) is 191 Å². The quantitative estimate of drug-likeness (QED) is 0.188. The first kappa shape index (κ1) is 26.8. The van der Waals surface area contributed by atoms with E-state index in [4.69, 9.17) is 0 Å². The van der Waals surface area contributed by atoms with Gasteiger partial charge in [-0.05, 0) is 81.6 Å². The van der Waals surface area contributed by atoms with E-state index < -0.39 is 0 Å². The zero-order valence-electron chi connectivity index (χ0n) is 26.2. The minimum Gasteiger partial charge on any atom is -0.309 e. The summed E-state index contributed by atoms with van der Waals surface area (Å²) in [5, 5.41) is 7.54. The first-order valence-electron chi connectivity index (χ1n) is 16.5. The monoisotopic (exact) mass is 610 g/mol. The molecule has 2 nitrogen and oxygen atoms in total. The van der Waals surface area contributed by atoms with Gasteiger partial charge in [0, 0.05) is 32.9 Å². The van der Waals surface area contributed by atoms with Gasteiger partial charge in [-0.15, -0.1) is 0 Å². The van der Waals surface area contributed by atoms with Crippen LogP contribution in [-0.4, -0.2) is 9.13 Å². The van der Waals surface area contributed by atoms with Crippen LogP contribution in [0.25, 0.3) is 88.0 Å². The van der Waals surface area contributed by atoms with Crippen molar-refractivity contribution in [2.75, 3.05) is 0 Å². The van der Waals surface area contributed by atoms with Crippen LogP contribution < -0.4 is 0 Å². The smallest absolute Gasteiger partial charge is 0.0641 e. The van der Waals surface area contributed by atoms with Crippen LogP contribution in [-0.2, 0) is 0 Å². The summed E-state index contributed by atoms with van der Waals surface area (Å²) in [4.78, 5) is 0. The Bertz CT molecular complexity index is 2820. The second-order valence-electron chi connectivity index (χ2n) is 12.6. The van der Waals surface area contributed by atoms with Crippen molar-refractivity contribution < 1.29 is 0 Å². The van der Waals surface area contributed by atoms with Crippen molar-refractivity contribution in [1.82, 2.24) is 9.13 Å². The minimum absolute atomic E-state index is 1.15. The molecule has 0 aliphatic rings. The van der Waals surface area contributed by atoms with Crippen LogP contribution in [0.5, 0.6) is 0 Å². The van der Waals surface area contributed by atoms with E-state index in [9.17, 15) is 0 Å². The third kappa shape index (κ3) is 4.06. The fourth-order valence-electron chi connectivity index (χ4n) is 7.68. The van der Waals surface area contributed by atoms with Crippen LogP contribution in [0.3, 0.4) is 0 Å². The largest absolute Gasteiger partial charge is 0.309 e. The fraction of sp³-hybridized carbons (Fsp3) is 0. The van der Waals surface area contributed by atoms with Crippen molar-refractivity contribution in [2.45, 2.75) is 0 Å². The first-order chi connectivity index (χ1) is 23.8. The first-order valence-corrected chi connectivity index (χ1v) is 16.5. The molecule has 2 aromatic heterocycles.